The molecule has 0 bridgehead atoms. The summed E-state index contributed by atoms with van der Waals surface area (Å²) in [5.74, 6) is 1.94. The Morgan fingerprint density at radius 2 is 1.62 bits per heavy atom. The first-order chi connectivity index (χ1) is 17.9. The van der Waals surface area contributed by atoms with Gasteiger partial charge in [-0.2, -0.15) is 15.0 Å². The minimum absolute atomic E-state index is 0.0186. The molecule has 11 heteroatoms. The van der Waals surface area contributed by atoms with Gasteiger partial charge in [0.15, 0.2) is 6.10 Å². The third kappa shape index (κ3) is 8.76. The Hall–Kier alpha value is -3.63. The lowest BCUT2D eigenvalue weighted by atomic mass is 10.1. The number of carbonyl (C=O) groups excluding carboxylic acids is 1. The molecule has 3 rings (SSSR count). The van der Waals surface area contributed by atoms with Gasteiger partial charge in [0.05, 0.1) is 20.3 Å². The Bertz CT molecular complexity index is 1130. The third-order valence-corrected chi connectivity index (χ3v) is 5.31. The maximum atomic E-state index is 12.1. The van der Waals surface area contributed by atoms with Gasteiger partial charge in [-0.15, -0.1) is 0 Å². The molecular formula is C26H31ClN4O6. The summed E-state index contributed by atoms with van der Waals surface area (Å²) < 4.78 is 27.3. The zero-order valence-corrected chi connectivity index (χ0v) is 22.1. The average molecular weight is 531 g/mol. The summed E-state index contributed by atoms with van der Waals surface area (Å²) >= 11 is 6.09. The van der Waals surface area contributed by atoms with Crippen LogP contribution in [0.4, 0.5) is 5.95 Å². The van der Waals surface area contributed by atoms with Crippen LogP contribution in [-0.4, -0.2) is 67.5 Å². The predicted molar refractivity (Wildman–Crippen MR) is 139 cm³/mol. The number of hydrogen-bond donors (Lipinski definition) is 0. The highest BCUT2D eigenvalue weighted by Gasteiger charge is 2.20. The maximum absolute atomic E-state index is 12.1. The second-order valence-electron chi connectivity index (χ2n) is 7.78. The minimum Gasteiger partial charge on any atom is -0.497 e. The van der Waals surface area contributed by atoms with Gasteiger partial charge in [-0.3, -0.25) is 0 Å². The minimum atomic E-state index is -0.629. The summed E-state index contributed by atoms with van der Waals surface area (Å²) in [6, 6.07) is 14.6. The van der Waals surface area contributed by atoms with Crippen molar-refractivity contribution in [2.24, 2.45) is 0 Å². The van der Waals surface area contributed by atoms with Gasteiger partial charge in [0, 0.05) is 20.1 Å². The number of hydrogen-bond acceptors (Lipinski definition) is 10. The molecular weight excluding hydrogens is 500 g/mol. The molecule has 1 unspecified atom stereocenters. The van der Waals surface area contributed by atoms with Gasteiger partial charge in [-0.05, 0) is 67.4 Å². The van der Waals surface area contributed by atoms with E-state index in [4.69, 9.17) is 35.3 Å². The number of anilines is 1. The van der Waals surface area contributed by atoms with Crippen LogP contribution in [0.25, 0.3) is 0 Å². The number of methoxy groups -OCH3 is 1. The van der Waals surface area contributed by atoms with E-state index in [2.05, 4.69) is 15.0 Å². The van der Waals surface area contributed by atoms with E-state index in [1.807, 2.05) is 38.2 Å². The zero-order valence-electron chi connectivity index (χ0n) is 21.3. The van der Waals surface area contributed by atoms with Crippen molar-refractivity contribution in [1.29, 1.82) is 0 Å². The van der Waals surface area contributed by atoms with Gasteiger partial charge < -0.3 is 28.6 Å². The van der Waals surface area contributed by atoms with Crippen molar-refractivity contribution in [3.63, 3.8) is 0 Å². The fraction of sp³-hybridized carbons (Fsp3) is 0.385. The van der Waals surface area contributed by atoms with Crippen molar-refractivity contribution < 1.29 is 28.5 Å². The topological polar surface area (TPSA) is 105 Å². The Labute approximate surface area is 221 Å². The first-order valence-electron chi connectivity index (χ1n) is 11.9. The average Bonchev–Trinajstić information content (AvgIpc) is 2.89. The number of benzene rings is 2. The summed E-state index contributed by atoms with van der Waals surface area (Å²) in [5.41, 5.74) is 0.945. The smallest absolute Gasteiger partial charge is 0.335 e. The van der Waals surface area contributed by atoms with E-state index >= 15 is 0 Å². The van der Waals surface area contributed by atoms with Crippen molar-refractivity contribution in [3.05, 3.63) is 59.4 Å². The highest BCUT2D eigenvalue weighted by Crippen LogP contribution is 2.23. The van der Waals surface area contributed by atoms with Crippen molar-refractivity contribution in [2.75, 3.05) is 45.4 Å². The number of nitrogens with zero attached hydrogens (tertiary/aromatic N) is 4. The van der Waals surface area contributed by atoms with Crippen LogP contribution < -0.4 is 19.1 Å². The molecule has 0 aliphatic carbocycles. The second-order valence-corrected chi connectivity index (χ2v) is 8.12. The highest BCUT2D eigenvalue weighted by atomic mass is 35.5. The van der Waals surface area contributed by atoms with Crippen LogP contribution in [0.5, 0.6) is 23.3 Å². The molecule has 0 fully saturated rings. The van der Waals surface area contributed by atoms with E-state index < -0.39 is 6.10 Å². The second kappa shape index (κ2) is 14.2. The fourth-order valence-electron chi connectivity index (χ4n) is 3.27. The molecule has 37 heavy (non-hydrogen) atoms. The van der Waals surface area contributed by atoms with Crippen LogP contribution >= 0.6 is 11.6 Å². The van der Waals surface area contributed by atoms with Gasteiger partial charge in [0.1, 0.15) is 23.9 Å². The monoisotopic (exact) mass is 530 g/mol. The number of rotatable bonds is 14. The van der Waals surface area contributed by atoms with E-state index in [0.717, 1.165) is 5.56 Å². The molecule has 0 saturated carbocycles. The number of esters is 1. The molecule has 0 saturated heterocycles. The van der Waals surface area contributed by atoms with Crippen molar-refractivity contribution in [1.82, 2.24) is 15.0 Å². The van der Waals surface area contributed by atoms with Gasteiger partial charge >= 0.3 is 12.0 Å². The number of halogens is 1. The predicted octanol–water partition coefficient (Wildman–Crippen LogP) is 4.35. The Balaban J connectivity index is 1.53. The van der Waals surface area contributed by atoms with Crippen molar-refractivity contribution in [3.8, 4) is 23.3 Å². The standard InChI is InChI=1S/C26H31ClN4O6/c1-5-34-22(23(32)35-6-2)17-18-7-9-20(10-8-18)36-16-15-31(3)25-28-24(27)29-26(30-25)37-21-13-11-19(33-4)12-14-21/h7-14,22H,5-6,15-17H2,1-4H3. The molecule has 0 aliphatic rings. The van der Waals surface area contributed by atoms with E-state index in [9.17, 15) is 4.79 Å². The lowest BCUT2D eigenvalue weighted by Crippen LogP contribution is -2.29. The molecule has 1 aromatic heterocycles. The summed E-state index contributed by atoms with van der Waals surface area (Å²) in [4.78, 5) is 26.4. The fourth-order valence-corrected chi connectivity index (χ4v) is 3.42. The SMILES string of the molecule is CCOC(=O)C(Cc1ccc(OCCN(C)c2nc(Cl)nc(Oc3ccc(OC)cc3)n2)cc1)OCC. The zero-order chi connectivity index (χ0) is 26.6. The lowest BCUT2D eigenvalue weighted by molar-refractivity contribution is -0.156. The molecule has 3 aromatic rings. The molecule has 198 valence electrons. The Morgan fingerprint density at radius 1 is 0.946 bits per heavy atom. The lowest BCUT2D eigenvalue weighted by Gasteiger charge is -2.18. The van der Waals surface area contributed by atoms with Crippen LogP contribution in [0, 0.1) is 0 Å². The van der Waals surface area contributed by atoms with Crippen molar-refractivity contribution >= 4 is 23.5 Å². The molecule has 1 heterocycles. The van der Waals surface area contributed by atoms with Gasteiger partial charge in [0.2, 0.25) is 11.2 Å². The molecule has 0 radical (unpaired) electrons. The van der Waals surface area contributed by atoms with Crippen LogP contribution in [-0.2, 0) is 20.7 Å². The van der Waals surface area contributed by atoms with Crippen LogP contribution in [0.2, 0.25) is 5.28 Å². The Kier molecular flexibility index (Phi) is 10.7. The van der Waals surface area contributed by atoms with E-state index in [1.54, 1.807) is 43.2 Å². The molecule has 0 N–H and O–H groups in total. The van der Waals surface area contributed by atoms with E-state index in [0.29, 0.717) is 56.0 Å². The quantitative estimate of drug-likeness (QED) is 0.279. The largest absolute Gasteiger partial charge is 0.497 e. The van der Waals surface area contributed by atoms with Gasteiger partial charge in [-0.1, -0.05) is 12.1 Å². The normalized spacial score (nSPS) is 11.5. The summed E-state index contributed by atoms with van der Waals surface area (Å²) in [7, 11) is 3.41. The van der Waals surface area contributed by atoms with Crippen LogP contribution in [0.1, 0.15) is 19.4 Å². The van der Waals surface area contributed by atoms with Crippen LogP contribution in [0.15, 0.2) is 48.5 Å². The number of ether oxygens (including phenoxy) is 5. The summed E-state index contributed by atoms with van der Waals surface area (Å²) in [5, 5.41) is 0.0186. The van der Waals surface area contributed by atoms with E-state index in [-0.39, 0.29) is 17.3 Å². The highest BCUT2D eigenvalue weighted by molar-refractivity contribution is 6.28. The van der Waals surface area contributed by atoms with E-state index in [1.165, 1.54) is 0 Å². The number of carbonyl (C=O) groups is 1. The Morgan fingerprint density at radius 3 is 2.27 bits per heavy atom. The number of likely N-dealkylation sites (N-methyl/N-ethyl adjacent to an activating group) is 1. The summed E-state index contributed by atoms with van der Waals surface area (Å²) in [6.07, 6.45) is -0.201. The van der Waals surface area contributed by atoms with Gasteiger partial charge in [0.25, 0.3) is 0 Å². The first kappa shape index (κ1) is 27.9. The molecule has 1 atom stereocenters. The maximum Gasteiger partial charge on any atom is 0.335 e. The van der Waals surface area contributed by atoms with Crippen LogP contribution in [0.3, 0.4) is 0 Å². The van der Waals surface area contributed by atoms with Gasteiger partial charge in [-0.25, -0.2) is 4.79 Å². The number of aromatic nitrogens is 3. The summed E-state index contributed by atoms with van der Waals surface area (Å²) in [6.45, 7) is 5.23. The molecule has 0 aliphatic heterocycles. The molecule has 0 spiro atoms. The first-order valence-corrected chi connectivity index (χ1v) is 12.2. The molecule has 0 amide bonds. The third-order valence-electron chi connectivity index (χ3n) is 5.14. The van der Waals surface area contributed by atoms with Crippen molar-refractivity contribution in [2.45, 2.75) is 26.4 Å². The molecule has 10 nitrogen and oxygen atoms in total. The molecule has 2 aromatic carbocycles.